The van der Waals surface area contributed by atoms with Crippen LogP contribution in [0.2, 0.25) is 0 Å². The molecule has 0 radical (unpaired) electrons. The maximum Gasteiger partial charge on any atom is 0.141 e. The Bertz CT molecular complexity index is 562. The number of hydrogen-bond acceptors (Lipinski definition) is 2. The van der Waals surface area contributed by atoms with Crippen LogP contribution in [0.4, 0.5) is 4.39 Å². The summed E-state index contributed by atoms with van der Waals surface area (Å²) in [5.74, 6) is 0.528. The fourth-order valence-corrected chi connectivity index (χ4v) is 3.10. The number of likely N-dealkylation sites (tertiary alicyclic amines) is 1. The van der Waals surface area contributed by atoms with Gasteiger partial charge in [0.15, 0.2) is 0 Å². The van der Waals surface area contributed by atoms with Gasteiger partial charge in [0.05, 0.1) is 6.20 Å². The summed E-state index contributed by atoms with van der Waals surface area (Å²) in [6.45, 7) is 2.99. The molecule has 1 aromatic heterocycles. The summed E-state index contributed by atoms with van der Waals surface area (Å²) in [7, 11) is 0. The van der Waals surface area contributed by atoms with Crippen LogP contribution in [0, 0.1) is 11.7 Å². The van der Waals surface area contributed by atoms with E-state index in [1.54, 1.807) is 12.3 Å². The number of benzene rings is 1. The molecular weight excluding hydrogens is 263 g/mol. The molecule has 1 aliphatic rings. The molecule has 1 aromatic carbocycles. The molecule has 0 bridgehead atoms. The molecule has 0 saturated carbocycles. The van der Waals surface area contributed by atoms with Crippen LogP contribution >= 0.6 is 0 Å². The van der Waals surface area contributed by atoms with Gasteiger partial charge >= 0.3 is 0 Å². The fourth-order valence-electron chi connectivity index (χ4n) is 3.10. The molecular formula is C18H21FN2. The van der Waals surface area contributed by atoms with Crippen molar-refractivity contribution >= 4 is 0 Å². The van der Waals surface area contributed by atoms with E-state index >= 15 is 0 Å². The fraction of sp³-hybridized carbons (Fsp3) is 0.389. The van der Waals surface area contributed by atoms with Crippen LogP contribution in [-0.4, -0.2) is 23.0 Å². The van der Waals surface area contributed by atoms with Gasteiger partial charge in [-0.15, -0.1) is 0 Å². The Morgan fingerprint density at radius 2 is 1.81 bits per heavy atom. The van der Waals surface area contributed by atoms with E-state index < -0.39 is 0 Å². The summed E-state index contributed by atoms with van der Waals surface area (Å²) in [4.78, 5) is 6.32. The smallest absolute Gasteiger partial charge is 0.141 e. The van der Waals surface area contributed by atoms with Gasteiger partial charge in [0.25, 0.3) is 0 Å². The zero-order chi connectivity index (χ0) is 14.5. The average Bonchev–Trinajstić information content (AvgIpc) is 2.50. The molecule has 0 N–H and O–H groups in total. The van der Waals surface area contributed by atoms with Gasteiger partial charge in [0.2, 0.25) is 0 Å². The lowest BCUT2D eigenvalue weighted by atomic mass is 9.90. The van der Waals surface area contributed by atoms with Crippen LogP contribution in [0.5, 0.6) is 0 Å². The minimum Gasteiger partial charge on any atom is -0.299 e. The van der Waals surface area contributed by atoms with Gasteiger partial charge in [-0.25, -0.2) is 4.39 Å². The van der Waals surface area contributed by atoms with Crippen molar-refractivity contribution in [3.05, 3.63) is 65.7 Å². The molecule has 2 nitrogen and oxygen atoms in total. The molecule has 0 spiro atoms. The van der Waals surface area contributed by atoms with E-state index in [0.717, 1.165) is 31.1 Å². The Morgan fingerprint density at radius 1 is 1.05 bits per heavy atom. The van der Waals surface area contributed by atoms with Crippen molar-refractivity contribution in [2.24, 2.45) is 5.92 Å². The molecule has 3 heteroatoms. The first-order valence-corrected chi connectivity index (χ1v) is 7.65. The maximum atomic E-state index is 13.1. The van der Waals surface area contributed by atoms with Crippen molar-refractivity contribution in [3.8, 4) is 0 Å². The second-order valence-corrected chi connectivity index (χ2v) is 5.92. The Kier molecular flexibility index (Phi) is 4.61. The summed E-state index contributed by atoms with van der Waals surface area (Å²) in [6, 6.07) is 12.3. The predicted octanol–water partition coefficient (Wildman–Crippen LogP) is 3.68. The van der Waals surface area contributed by atoms with Gasteiger partial charge in [0, 0.05) is 12.7 Å². The summed E-state index contributed by atoms with van der Waals surface area (Å²) in [5.41, 5.74) is 2.40. The highest BCUT2D eigenvalue weighted by atomic mass is 19.1. The average molecular weight is 284 g/mol. The molecule has 0 atom stereocenters. The highest BCUT2D eigenvalue weighted by molar-refractivity contribution is 5.15. The van der Waals surface area contributed by atoms with Gasteiger partial charge in [-0.2, -0.15) is 0 Å². The predicted molar refractivity (Wildman–Crippen MR) is 82.3 cm³/mol. The number of hydrogen-bond donors (Lipinski definition) is 0. The molecule has 2 heterocycles. The van der Waals surface area contributed by atoms with E-state index in [1.807, 2.05) is 0 Å². The maximum absolute atomic E-state index is 13.1. The van der Waals surface area contributed by atoms with E-state index in [4.69, 9.17) is 0 Å². The third kappa shape index (κ3) is 4.11. The van der Waals surface area contributed by atoms with Gasteiger partial charge in [-0.05, 0) is 55.5 Å². The lowest BCUT2D eigenvalue weighted by Crippen LogP contribution is -2.33. The normalized spacial score (nSPS) is 17.0. The number of aromatic nitrogens is 1. The first kappa shape index (κ1) is 14.2. The van der Waals surface area contributed by atoms with Crippen LogP contribution in [0.1, 0.15) is 24.0 Å². The number of rotatable bonds is 4. The number of pyridine rings is 1. The highest BCUT2D eigenvalue weighted by Gasteiger charge is 2.19. The van der Waals surface area contributed by atoms with Crippen LogP contribution in [0.25, 0.3) is 0 Å². The van der Waals surface area contributed by atoms with E-state index in [9.17, 15) is 4.39 Å². The van der Waals surface area contributed by atoms with E-state index in [2.05, 4.69) is 40.2 Å². The zero-order valence-electron chi connectivity index (χ0n) is 12.2. The van der Waals surface area contributed by atoms with Crippen LogP contribution in [0.15, 0.2) is 48.8 Å². The van der Waals surface area contributed by atoms with Crippen molar-refractivity contribution in [1.82, 2.24) is 9.88 Å². The van der Waals surface area contributed by atoms with E-state index in [1.165, 1.54) is 31.0 Å². The Hall–Kier alpha value is -1.74. The van der Waals surface area contributed by atoms with Crippen molar-refractivity contribution in [1.29, 1.82) is 0 Å². The van der Waals surface area contributed by atoms with E-state index in [0.29, 0.717) is 0 Å². The summed E-state index contributed by atoms with van der Waals surface area (Å²) in [5, 5.41) is 0. The Labute approximate surface area is 125 Å². The van der Waals surface area contributed by atoms with Gasteiger partial charge < -0.3 is 0 Å². The molecule has 1 saturated heterocycles. The third-order valence-corrected chi connectivity index (χ3v) is 4.24. The van der Waals surface area contributed by atoms with Crippen molar-refractivity contribution in [2.75, 3.05) is 13.1 Å². The largest absolute Gasteiger partial charge is 0.299 e. The minimum atomic E-state index is -0.244. The number of nitrogens with zero attached hydrogens (tertiary/aromatic N) is 2. The van der Waals surface area contributed by atoms with Gasteiger partial charge in [0.1, 0.15) is 5.82 Å². The lowest BCUT2D eigenvalue weighted by molar-refractivity contribution is 0.176. The molecule has 0 amide bonds. The first-order chi connectivity index (χ1) is 10.3. The second kappa shape index (κ2) is 6.81. The first-order valence-electron chi connectivity index (χ1n) is 7.65. The zero-order valence-corrected chi connectivity index (χ0v) is 12.2. The van der Waals surface area contributed by atoms with Crippen molar-refractivity contribution in [2.45, 2.75) is 25.8 Å². The van der Waals surface area contributed by atoms with Gasteiger partial charge in [-0.1, -0.05) is 30.3 Å². The number of piperidine rings is 1. The monoisotopic (exact) mass is 284 g/mol. The molecule has 2 aromatic rings. The minimum absolute atomic E-state index is 0.244. The summed E-state index contributed by atoms with van der Waals surface area (Å²) < 4.78 is 13.1. The lowest BCUT2D eigenvalue weighted by Gasteiger charge is -2.32. The second-order valence-electron chi connectivity index (χ2n) is 5.92. The highest BCUT2D eigenvalue weighted by Crippen LogP contribution is 2.22. The van der Waals surface area contributed by atoms with Gasteiger partial charge in [-0.3, -0.25) is 9.88 Å². The molecule has 3 rings (SSSR count). The quantitative estimate of drug-likeness (QED) is 0.851. The summed E-state index contributed by atoms with van der Waals surface area (Å²) in [6.07, 6.45) is 6.64. The van der Waals surface area contributed by atoms with Crippen molar-refractivity contribution in [3.63, 3.8) is 0 Å². The molecule has 1 aliphatic heterocycles. The molecule has 0 unspecified atom stereocenters. The topological polar surface area (TPSA) is 16.1 Å². The Balaban J connectivity index is 1.49. The van der Waals surface area contributed by atoms with E-state index in [-0.39, 0.29) is 5.82 Å². The number of halogens is 1. The molecule has 0 aliphatic carbocycles. The van der Waals surface area contributed by atoms with Crippen LogP contribution < -0.4 is 0 Å². The molecule has 1 fully saturated rings. The SMILES string of the molecule is Fc1cncc(CN2CCC(Cc3ccccc3)CC2)c1. The Morgan fingerprint density at radius 3 is 2.52 bits per heavy atom. The molecule has 21 heavy (non-hydrogen) atoms. The molecule has 110 valence electrons. The van der Waals surface area contributed by atoms with Crippen LogP contribution in [-0.2, 0) is 13.0 Å². The standard InChI is InChI=1S/C18H21FN2/c19-18-11-17(12-20-13-18)14-21-8-6-16(7-9-21)10-15-4-2-1-3-5-15/h1-5,11-13,16H,6-10,14H2. The van der Waals surface area contributed by atoms with Crippen LogP contribution in [0.3, 0.4) is 0 Å². The third-order valence-electron chi connectivity index (χ3n) is 4.24. The van der Waals surface area contributed by atoms with Crippen molar-refractivity contribution < 1.29 is 4.39 Å². The summed E-state index contributed by atoms with van der Waals surface area (Å²) >= 11 is 0.